The number of likely N-dealkylation sites (N-methyl/N-ethyl adjacent to an activating group) is 1. The Bertz CT molecular complexity index is 771. The number of anilines is 1. The first kappa shape index (κ1) is 14.4. The van der Waals surface area contributed by atoms with E-state index in [1.807, 2.05) is 36.3 Å². The zero-order valence-corrected chi connectivity index (χ0v) is 12.3. The minimum absolute atomic E-state index is 0.0569. The first-order valence-corrected chi connectivity index (χ1v) is 7.05. The van der Waals surface area contributed by atoms with Gasteiger partial charge in [0.15, 0.2) is 0 Å². The van der Waals surface area contributed by atoms with Gasteiger partial charge in [-0.2, -0.15) is 5.10 Å². The molecule has 7 nitrogen and oxygen atoms in total. The first-order valence-electron chi connectivity index (χ1n) is 7.05. The largest absolute Gasteiger partial charge is 0.395 e. The van der Waals surface area contributed by atoms with Crippen molar-refractivity contribution in [3.63, 3.8) is 0 Å². The van der Waals surface area contributed by atoms with Crippen molar-refractivity contribution in [3.05, 3.63) is 36.4 Å². The van der Waals surface area contributed by atoms with Crippen molar-refractivity contribution in [2.24, 2.45) is 5.73 Å². The van der Waals surface area contributed by atoms with Crippen molar-refractivity contribution in [3.8, 4) is 11.1 Å². The van der Waals surface area contributed by atoms with Crippen LogP contribution in [-0.4, -0.2) is 45.5 Å². The van der Waals surface area contributed by atoms with E-state index in [0.717, 1.165) is 27.8 Å². The minimum atomic E-state index is 0.0569. The zero-order valence-electron chi connectivity index (χ0n) is 12.3. The van der Waals surface area contributed by atoms with E-state index in [-0.39, 0.29) is 13.2 Å². The molecule has 0 aliphatic heterocycles. The lowest BCUT2D eigenvalue weighted by molar-refractivity contribution is 0.304. The van der Waals surface area contributed by atoms with E-state index in [9.17, 15) is 5.11 Å². The van der Waals surface area contributed by atoms with Crippen molar-refractivity contribution in [1.82, 2.24) is 20.2 Å². The average molecular weight is 298 g/mol. The SMILES string of the molecule is CN(CCO)c1nc(CN)nc2ccc(-c3cn[nH]c3)cc12. The number of aromatic nitrogens is 4. The molecule has 0 atom stereocenters. The first-order chi connectivity index (χ1) is 10.7. The van der Waals surface area contributed by atoms with Gasteiger partial charge >= 0.3 is 0 Å². The fourth-order valence-electron chi connectivity index (χ4n) is 2.39. The van der Waals surface area contributed by atoms with Gasteiger partial charge in [-0.15, -0.1) is 0 Å². The van der Waals surface area contributed by atoms with Crippen LogP contribution in [0.5, 0.6) is 0 Å². The van der Waals surface area contributed by atoms with Gasteiger partial charge in [0, 0.05) is 30.7 Å². The molecule has 0 saturated heterocycles. The standard InChI is InChI=1S/C15H18N6O/c1-21(4-5-22)15-12-6-10(11-8-17-18-9-11)2-3-13(12)19-14(7-16)20-15/h2-3,6,8-9,22H,4-5,7,16H2,1H3,(H,17,18). The third-order valence-electron chi connectivity index (χ3n) is 3.53. The van der Waals surface area contributed by atoms with E-state index < -0.39 is 0 Å². The molecule has 0 aliphatic carbocycles. The number of aromatic amines is 1. The topological polar surface area (TPSA) is 104 Å². The molecular formula is C15H18N6O. The Kier molecular flexibility index (Phi) is 3.99. The molecule has 22 heavy (non-hydrogen) atoms. The Balaban J connectivity index is 2.18. The smallest absolute Gasteiger partial charge is 0.144 e. The molecule has 0 aliphatic rings. The third kappa shape index (κ3) is 2.63. The van der Waals surface area contributed by atoms with E-state index in [2.05, 4.69) is 20.2 Å². The lowest BCUT2D eigenvalue weighted by Gasteiger charge is -2.19. The molecular weight excluding hydrogens is 280 g/mol. The molecule has 0 fully saturated rings. The van der Waals surface area contributed by atoms with Crippen LogP contribution in [0, 0.1) is 0 Å². The molecule has 0 saturated carbocycles. The van der Waals surface area contributed by atoms with E-state index in [4.69, 9.17) is 5.73 Å². The highest BCUT2D eigenvalue weighted by atomic mass is 16.3. The summed E-state index contributed by atoms with van der Waals surface area (Å²) in [7, 11) is 1.89. The number of aliphatic hydroxyl groups excluding tert-OH is 1. The van der Waals surface area contributed by atoms with Crippen molar-refractivity contribution >= 4 is 16.7 Å². The third-order valence-corrected chi connectivity index (χ3v) is 3.53. The number of rotatable bonds is 5. The van der Waals surface area contributed by atoms with Crippen molar-refractivity contribution in [1.29, 1.82) is 0 Å². The predicted molar refractivity (Wildman–Crippen MR) is 85.4 cm³/mol. The summed E-state index contributed by atoms with van der Waals surface area (Å²) < 4.78 is 0. The summed E-state index contributed by atoms with van der Waals surface area (Å²) in [6.45, 7) is 0.826. The summed E-state index contributed by atoms with van der Waals surface area (Å²) >= 11 is 0. The van der Waals surface area contributed by atoms with Crippen LogP contribution in [0.4, 0.5) is 5.82 Å². The summed E-state index contributed by atoms with van der Waals surface area (Å²) in [5.41, 5.74) is 8.55. The molecule has 114 valence electrons. The Morgan fingerprint density at radius 1 is 1.27 bits per heavy atom. The highest BCUT2D eigenvalue weighted by Crippen LogP contribution is 2.28. The number of nitrogens with zero attached hydrogens (tertiary/aromatic N) is 4. The van der Waals surface area contributed by atoms with Crippen LogP contribution >= 0.6 is 0 Å². The second-order valence-electron chi connectivity index (χ2n) is 5.03. The fraction of sp³-hybridized carbons (Fsp3) is 0.267. The number of fused-ring (bicyclic) bond motifs is 1. The summed E-state index contributed by atoms with van der Waals surface area (Å²) in [4.78, 5) is 10.9. The van der Waals surface area contributed by atoms with Gasteiger partial charge < -0.3 is 15.7 Å². The Labute approximate surface area is 127 Å². The van der Waals surface area contributed by atoms with Crippen LogP contribution in [0.1, 0.15) is 5.82 Å². The Hall–Kier alpha value is -2.51. The average Bonchev–Trinajstić information content (AvgIpc) is 3.08. The van der Waals surface area contributed by atoms with Gasteiger partial charge in [0.1, 0.15) is 11.6 Å². The highest BCUT2D eigenvalue weighted by Gasteiger charge is 2.12. The number of nitrogens with two attached hydrogens (primary N) is 1. The number of aliphatic hydroxyl groups is 1. The molecule has 0 bridgehead atoms. The van der Waals surface area contributed by atoms with Crippen LogP contribution in [-0.2, 0) is 6.54 Å². The number of hydrogen-bond acceptors (Lipinski definition) is 6. The molecule has 3 rings (SSSR count). The van der Waals surface area contributed by atoms with Crippen LogP contribution in [0.15, 0.2) is 30.6 Å². The van der Waals surface area contributed by atoms with E-state index in [0.29, 0.717) is 12.4 Å². The maximum Gasteiger partial charge on any atom is 0.144 e. The number of H-pyrrole nitrogens is 1. The molecule has 0 amide bonds. The van der Waals surface area contributed by atoms with E-state index in [1.165, 1.54) is 0 Å². The van der Waals surface area contributed by atoms with Gasteiger partial charge in [0.05, 0.1) is 24.9 Å². The van der Waals surface area contributed by atoms with Gasteiger partial charge in [-0.25, -0.2) is 9.97 Å². The van der Waals surface area contributed by atoms with Gasteiger partial charge in [-0.05, 0) is 17.7 Å². The molecule has 4 N–H and O–H groups in total. The monoisotopic (exact) mass is 298 g/mol. The second kappa shape index (κ2) is 6.08. The quantitative estimate of drug-likeness (QED) is 0.647. The molecule has 2 heterocycles. The van der Waals surface area contributed by atoms with Crippen molar-refractivity contribution < 1.29 is 5.11 Å². The highest BCUT2D eigenvalue weighted by molar-refractivity contribution is 5.93. The number of nitrogens with one attached hydrogen (secondary N) is 1. The molecule has 2 aromatic heterocycles. The predicted octanol–water partition coefficient (Wildman–Crippen LogP) is 0.907. The van der Waals surface area contributed by atoms with Crippen LogP contribution in [0.25, 0.3) is 22.0 Å². The summed E-state index contributed by atoms with van der Waals surface area (Å²) in [5.74, 6) is 1.35. The summed E-state index contributed by atoms with van der Waals surface area (Å²) in [6.07, 6.45) is 3.61. The van der Waals surface area contributed by atoms with E-state index in [1.54, 1.807) is 6.20 Å². The molecule has 0 radical (unpaired) electrons. The molecule has 0 spiro atoms. The van der Waals surface area contributed by atoms with Gasteiger partial charge in [-0.1, -0.05) is 6.07 Å². The zero-order chi connectivity index (χ0) is 15.5. The fourth-order valence-corrected chi connectivity index (χ4v) is 2.39. The minimum Gasteiger partial charge on any atom is -0.395 e. The molecule has 0 unspecified atom stereocenters. The Morgan fingerprint density at radius 3 is 2.82 bits per heavy atom. The summed E-state index contributed by atoms with van der Waals surface area (Å²) in [5, 5.41) is 16.9. The number of hydrogen-bond donors (Lipinski definition) is 3. The van der Waals surface area contributed by atoms with Crippen LogP contribution in [0.3, 0.4) is 0 Å². The lowest BCUT2D eigenvalue weighted by atomic mass is 10.1. The maximum absolute atomic E-state index is 9.18. The van der Waals surface area contributed by atoms with Crippen LogP contribution in [0.2, 0.25) is 0 Å². The molecule has 1 aromatic carbocycles. The molecule has 3 aromatic rings. The summed E-state index contributed by atoms with van der Waals surface area (Å²) in [6, 6.07) is 5.98. The van der Waals surface area contributed by atoms with Crippen molar-refractivity contribution in [2.45, 2.75) is 6.54 Å². The van der Waals surface area contributed by atoms with Gasteiger partial charge in [-0.3, -0.25) is 5.10 Å². The molecule has 7 heteroatoms. The number of benzene rings is 1. The van der Waals surface area contributed by atoms with Gasteiger partial charge in [0.2, 0.25) is 0 Å². The lowest BCUT2D eigenvalue weighted by Crippen LogP contribution is -2.23. The second-order valence-corrected chi connectivity index (χ2v) is 5.03. The van der Waals surface area contributed by atoms with Crippen LogP contribution < -0.4 is 10.6 Å². The Morgan fingerprint density at radius 2 is 2.14 bits per heavy atom. The van der Waals surface area contributed by atoms with E-state index >= 15 is 0 Å². The maximum atomic E-state index is 9.18. The normalized spacial score (nSPS) is 11.0. The van der Waals surface area contributed by atoms with Gasteiger partial charge in [0.25, 0.3) is 0 Å². The van der Waals surface area contributed by atoms with Crippen molar-refractivity contribution in [2.75, 3.05) is 25.1 Å².